The summed E-state index contributed by atoms with van der Waals surface area (Å²) in [5, 5.41) is 12.2. The summed E-state index contributed by atoms with van der Waals surface area (Å²) in [4.78, 5) is 18.7. The van der Waals surface area contributed by atoms with Crippen molar-refractivity contribution in [1.29, 1.82) is 0 Å². The molecule has 0 aliphatic carbocycles. The molecule has 1 saturated heterocycles. The molecular formula is C18H18N4O2S. The van der Waals surface area contributed by atoms with Crippen LogP contribution in [0.5, 0.6) is 0 Å². The molecular weight excluding hydrogens is 336 g/mol. The number of rotatable bonds is 3. The maximum Gasteiger partial charge on any atom is 0.228 e. The summed E-state index contributed by atoms with van der Waals surface area (Å²) in [5.41, 5.74) is 1.82. The molecule has 1 aromatic carbocycles. The Bertz CT molecular complexity index is 918. The van der Waals surface area contributed by atoms with E-state index >= 15 is 0 Å². The molecule has 0 spiro atoms. The van der Waals surface area contributed by atoms with Gasteiger partial charge in [0, 0.05) is 30.2 Å². The number of amides is 1. The van der Waals surface area contributed by atoms with Gasteiger partial charge < -0.3 is 9.64 Å². The zero-order chi connectivity index (χ0) is 17.2. The minimum Gasteiger partial charge on any atom is -0.378 e. The Morgan fingerprint density at radius 2 is 2.04 bits per heavy atom. The number of benzene rings is 1. The molecule has 1 amide bonds. The number of fused-ring (bicyclic) bond motifs is 1. The second kappa shape index (κ2) is 6.85. The largest absolute Gasteiger partial charge is 0.378 e. The van der Waals surface area contributed by atoms with Crippen molar-refractivity contribution in [3.05, 3.63) is 41.2 Å². The normalized spacial score (nSPS) is 14.8. The van der Waals surface area contributed by atoms with E-state index in [1.807, 2.05) is 36.2 Å². The van der Waals surface area contributed by atoms with Gasteiger partial charge in [-0.05, 0) is 24.4 Å². The van der Waals surface area contributed by atoms with Gasteiger partial charge in [-0.25, -0.2) is 0 Å². The number of nitrogens with zero attached hydrogens (tertiary/aromatic N) is 4. The first-order chi connectivity index (χ1) is 12.2. The first kappa shape index (κ1) is 16.1. The van der Waals surface area contributed by atoms with E-state index in [9.17, 15) is 4.79 Å². The lowest BCUT2D eigenvalue weighted by Gasteiger charge is -2.26. The SMILES string of the molecule is Cc1nnc(-c2ccc3cnc(CC(=O)N4CCOCC4)cc3c2)s1. The van der Waals surface area contributed by atoms with Crippen molar-refractivity contribution >= 4 is 28.0 Å². The molecule has 1 fully saturated rings. The smallest absolute Gasteiger partial charge is 0.228 e. The van der Waals surface area contributed by atoms with Gasteiger partial charge in [0.15, 0.2) is 0 Å². The fourth-order valence-corrected chi connectivity index (χ4v) is 3.60. The van der Waals surface area contributed by atoms with Gasteiger partial charge in [0.1, 0.15) is 10.0 Å². The predicted octanol–water partition coefficient (Wildman–Crippen LogP) is 2.46. The predicted molar refractivity (Wildman–Crippen MR) is 96.5 cm³/mol. The molecule has 1 aliphatic rings. The highest BCUT2D eigenvalue weighted by molar-refractivity contribution is 7.14. The van der Waals surface area contributed by atoms with Crippen LogP contribution in [-0.4, -0.2) is 52.3 Å². The van der Waals surface area contributed by atoms with Gasteiger partial charge in [-0.3, -0.25) is 9.78 Å². The molecule has 0 radical (unpaired) electrons. The summed E-state index contributed by atoms with van der Waals surface area (Å²) in [6, 6.07) is 8.13. The standard InChI is InChI=1S/C18H18N4O2S/c1-12-20-21-18(25-12)13-2-3-14-11-19-16(9-15(14)8-13)10-17(23)22-4-6-24-7-5-22/h2-3,8-9,11H,4-7,10H2,1H3. The number of pyridine rings is 1. The van der Waals surface area contributed by atoms with Gasteiger partial charge >= 0.3 is 0 Å². The van der Waals surface area contributed by atoms with E-state index < -0.39 is 0 Å². The summed E-state index contributed by atoms with van der Waals surface area (Å²) >= 11 is 1.57. The van der Waals surface area contributed by atoms with E-state index in [1.165, 1.54) is 0 Å². The number of hydrogen-bond acceptors (Lipinski definition) is 6. The lowest BCUT2D eigenvalue weighted by atomic mass is 10.1. The number of carbonyl (C=O) groups excluding carboxylic acids is 1. The average molecular weight is 354 g/mol. The summed E-state index contributed by atoms with van der Waals surface area (Å²) in [6.45, 7) is 4.49. The number of hydrogen-bond donors (Lipinski definition) is 0. The van der Waals surface area contributed by atoms with Crippen molar-refractivity contribution in [3.8, 4) is 10.6 Å². The van der Waals surface area contributed by atoms with Crippen molar-refractivity contribution < 1.29 is 9.53 Å². The highest BCUT2D eigenvalue weighted by atomic mass is 32.1. The molecule has 7 heteroatoms. The van der Waals surface area contributed by atoms with Crippen molar-refractivity contribution in [2.24, 2.45) is 0 Å². The first-order valence-electron chi connectivity index (χ1n) is 8.24. The van der Waals surface area contributed by atoms with E-state index in [4.69, 9.17) is 4.74 Å². The van der Waals surface area contributed by atoms with E-state index in [1.54, 1.807) is 11.3 Å². The third-order valence-electron chi connectivity index (χ3n) is 4.25. The quantitative estimate of drug-likeness (QED) is 0.723. The molecule has 0 unspecified atom stereocenters. The molecule has 1 aliphatic heterocycles. The van der Waals surface area contributed by atoms with Crippen LogP contribution in [0.1, 0.15) is 10.7 Å². The number of morpholine rings is 1. The fraction of sp³-hybridized carbons (Fsp3) is 0.333. The third kappa shape index (κ3) is 3.52. The van der Waals surface area contributed by atoms with Crippen LogP contribution in [0.25, 0.3) is 21.3 Å². The van der Waals surface area contributed by atoms with Crippen molar-refractivity contribution in [2.75, 3.05) is 26.3 Å². The highest BCUT2D eigenvalue weighted by Crippen LogP contribution is 2.27. The van der Waals surface area contributed by atoms with E-state index in [-0.39, 0.29) is 5.91 Å². The Morgan fingerprint density at radius 1 is 1.20 bits per heavy atom. The molecule has 3 aromatic rings. The molecule has 2 aromatic heterocycles. The minimum atomic E-state index is 0.103. The number of aryl methyl sites for hydroxylation is 1. The van der Waals surface area contributed by atoms with Crippen LogP contribution >= 0.6 is 11.3 Å². The maximum atomic E-state index is 12.4. The van der Waals surface area contributed by atoms with Gasteiger partial charge in [-0.2, -0.15) is 0 Å². The Hall–Kier alpha value is -2.38. The van der Waals surface area contributed by atoms with Crippen LogP contribution in [0.15, 0.2) is 30.5 Å². The summed E-state index contributed by atoms with van der Waals surface area (Å²) in [7, 11) is 0. The molecule has 6 nitrogen and oxygen atoms in total. The van der Waals surface area contributed by atoms with Crippen LogP contribution in [0.4, 0.5) is 0 Å². The Morgan fingerprint density at radius 3 is 2.80 bits per heavy atom. The number of carbonyl (C=O) groups is 1. The molecule has 0 atom stereocenters. The first-order valence-corrected chi connectivity index (χ1v) is 9.05. The third-order valence-corrected chi connectivity index (χ3v) is 5.14. The monoisotopic (exact) mass is 354 g/mol. The van der Waals surface area contributed by atoms with Gasteiger partial charge in [0.2, 0.25) is 5.91 Å². The lowest BCUT2D eigenvalue weighted by Crippen LogP contribution is -2.41. The molecule has 0 bridgehead atoms. The number of ether oxygens (including phenoxy) is 1. The van der Waals surface area contributed by atoms with E-state index in [0.29, 0.717) is 32.7 Å². The van der Waals surface area contributed by atoms with Crippen LogP contribution in [0.2, 0.25) is 0 Å². The highest BCUT2D eigenvalue weighted by Gasteiger charge is 2.17. The Kier molecular flexibility index (Phi) is 4.42. The van der Waals surface area contributed by atoms with Crippen LogP contribution < -0.4 is 0 Å². The van der Waals surface area contributed by atoms with Crippen LogP contribution in [0.3, 0.4) is 0 Å². The summed E-state index contributed by atoms with van der Waals surface area (Å²) in [5.74, 6) is 0.103. The second-order valence-corrected chi connectivity index (χ2v) is 7.22. The molecule has 4 rings (SSSR count). The molecule has 128 valence electrons. The van der Waals surface area contributed by atoms with Gasteiger partial charge in [0.25, 0.3) is 0 Å². The van der Waals surface area contributed by atoms with Gasteiger partial charge in [0.05, 0.1) is 25.3 Å². The van der Waals surface area contributed by atoms with Crippen molar-refractivity contribution in [1.82, 2.24) is 20.1 Å². The van der Waals surface area contributed by atoms with Crippen LogP contribution in [-0.2, 0) is 16.0 Å². The second-order valence-electron chi connectivity index (χ2n) is 6.03. The minimum absolute atomic E-state index is 0.103. The zero-order valence-corrected chi connectivity index (χ0v) is 14.8. The Balaban J connectivity index is 1.59. The van der Waals surface area contributed by atoms with Gasteiger partial charge in [-0.15, -0.1) is 10.2 Å². The fourth-order valence-electron chi connectivity index (χ4n) is 2.91. The lowest BCUT2D eigenvalue weighted by molar-refractivity contribution is -0.134. The van der Waals surface area contributed by atoms with E-state index in [0.717, 1.165) is 32.0 Å². The zero-order valence-electron chi connectivity index (χ0n) is 13.9. The molecule has 0 saturated carbocycles. The Labute approximate surface area is 149 Å². The molecule has 3 heterocycles. The van der Waals surface area contributed by atoms with Gasteiger partial charge in [-0.1, -0.05) is 23.5 Å². The topological polar surface area (TPSA) is 68.2 Å². The summed E-state index contributed by atoms with van der Waals surface area (Å²) in [6.07, 6.45) is 2.14. The molecule has 0 N–H and O–H groups in total. The molecule has 25 heavy (non-hydrogen) atoms. The van der Waals surface area contributed by atoms with Crippen molar-refractivity contribution in [3.63, 3.8) is 0 Å². The average Bonchev–Trinajstić information content (AvgIpc) is 3.08. The summed E-state index contributed by atoms with van der Waals surface area (Å²) < 4.78 is 5.30. The van der Waals surface area contributed by atoms with E-state index in [2.05, 4.69) is 21.2 Å². The number of aromatic nitrogens is 3. The maximum absolute atomic E-state index is 12.4. The van der Waals surface area contributed by atoms with Crippen LogP contribution in [0, 0.1) is 6.92 Å². The van der Waals surface area contributed by atoms with Crippen molar-refractivity contribution in [2.45, 2.75) is 13.3 Å².